The van der Waals surface area contributed by atoms with Crippen molar-refractivity contribution in [3.8, 4) is 5.75 Å². The number of amides is 2. The third-order valence-corrected chi connectivity index (χ3v) is 6.75. The Morgan fingerprint density at radius 2 is 2.12 bits per heavy atom. The molecule has 2 aliphatic heterocycles. The highest BCUT2D eigenvalue weighted by molar-refractivity contribution is 5.99. The van der Waals surface area contributed by atoms with Crippen molar-refractivity contribution in [2.45, 2.75) is 56.7 Å². The number of para-hydroxylation sites is 1. The number of benzene rings is 1. The Hall–Kier alpha value is -3.29. The first-order valence-corrected chi connectivity index (χ1v) is 11.3. The normalized spacial score (nSPS) is 24.8. The fourth-order valence-electron chi connectivity index (χ4n) is 5.33. The molecule has 3 atom stereocenters. The summed E-state index contributed by atoms with van der Waals surface area (Å²) in [6, 6.07) is 7.27. The SMILES string of the molecule is COc1ccccc1C1C2=C(CNC2=O)NC2CCCCC2N1C(=O)CCc1ncco1. The van der Waals surface area contributed by atoms with Gasteiger partial charge in [-0.1, -0.05) is 31.0 Å². The molecule has 3 unspecified atom stereocenters. The summed E-state index contributed by atoms with van der Waals surface area (Å²) in [4.78, 5) is 33.0. The molecular formula is C24H28N4O4. The molecule has 0 bridgehead atoms. The lowest BCUT2D eigenvalue weighted by Gasteiger charge is -2.43. The number of aromatic nitrogens is 1. The highest BCUT2D eigenvalue weighted by Gasteiger charge is 2.46. The molecule has 1 fully saturated rings. The van der Waals surface area contributed by atoms with Gasteiger partial charge < -0.3 is 24.7 Å². The van der Waals surface area contributed by atoms with Crippen LogP contribution in [0.5, 0.6) is 5.75 Å². The number of rotatable bonds is 5. The lowest BCUT2D eigenvalue weighted by atomic mass is 9.87. The number of fused-ring (bicyclic) bond motifs is 1. The second-order valence-electron chi connectivity index (χ2n) is 8.55. The lowest BCUT2D eigenvalue weighted by molar-refractivity contribution is -0.137. The Labute approximate surface area is 187 Å². The number of aryl methyl sites for hydroxylation is 1. The fraction of sp³-hybridized carbons (Fsp3) is 0.458. The van der Waals surface area contributed by atoms with E-state index < -0.39 is 6.04 Å². The molecule has 1 aliphatic carbocycles. The van der Waals surface area contributed by atoms with Gasteiger partial charge in [0.2, 0.25) is 5.91 Å². The van der Waals surface area contributed by atoms with Gasteiger partial charge in [-0.05, 0) is 18.9 Å². The number of nitrogens with zero attached hydrogens (tertiary/aromatic N) is 2. The number of oxazole rings is 1. The van der Waals surface area contributed by atoms with Crippen molar-refractivity contribution in [1.82, 2.24) is 20.5 Å². The number of hydrogen-bond acceptors (Lipinski definition) is 6. The standard InChI is InChI=1S/C24H28N4O4/c1-31-19-9-5-2-6-15(19)23-22-17(14-26-24(22)30)27-16-7-3-4-8-18(16)28(23)21(29)11-10-20-25-12-13-32-20/h2,5-6,9,12-13,16,18,23,27H,3-4,7-8,10-11,14H2,1H3,(H,26,30). The van der Waals surface area contributed by atoms with Crippen LogP contribution in [0.2, 0.25) is 0 Å². The Balaban J connectivity index is 1.60. The first-order valence-electron chi connectivity index (χ1n) is 11.3. The molecule has 8 heteroatoms. The molecule has 168 valence electrons. The van der Waals surface area contributed by atoms with Crippen LogP contribution in [0.4, 0.5) is 0 Å². The summed E-state index contributed by atoms with van der Waals surface area (Å²) >= 11 is 0. The first kappa shape index (κ1) is 20.6. The van der Waals surface area contributed by atoms with E-state index in [4.69, 9.17) is 9.15 Å². The van der Waals surface area contributed by atoms with Gasteiger partial charge in [-0.15, -0.1) is 0 Å². The van der Waals surface area contributed by atoms with E-state index in [2.05, 4.69) is 15.6 Å². The number of methoxy groups -OCH3 is 1. The van der Waals surface area contributed by atoms with Gasteiger partial charge in [0, 0.05) is 30.1 Å². The fourth-order valence-corrected chi connectivity index (χ4v) is 5.33. The van der Waals surface area contributed by atoms with Gasteiger partial charge in [0.1, 0.15) is 12.0 Å². The van der Waals surface area contributed by atoms with Gasteiger partial charge in [-0.3, -0.25) is 9.59 Å². The largest absolute Gasteiger partial charge is 0.496 e. The summed E-state index contributed by atoms with van der Waals surface area (Å²) in [5.74, 6) is 1.07. The molecule has 1 saturated carbocycles. The quantitative estimate of drug-likeness (QED) is 0.748. The summed E-state index contributed by atoms with van der Waals surface area (Å²) in [7, 11) is 1.62. The van der Waals surface area contributed by atoms with Gasteiger partial charge in [-0.2, -0.15) is 0 Å². The number of carbonyl (C=O) groups excluding carboxylic acids is 2. The third-order valence-electron chi connectivity index (χ3n) is 6.75. The van der Waals surface area contributed by atoms with E-state index in [0.717, 1.165) is 36.9 Å². The average Bonchev–Trinajstić information content (AvgIpc) is 3.43. The van der Waals surface area contributed by atoms with Gasteiger partial charge >= 0.3 is 0 Å². The molecule has 32 heavy (non-hydrogen) atoms. The highest BCUT2D eigenvalue weighted by Crippen LogP contribution is 2.43. The predicted octanol–water partition coefficient (Wildman–Crippen LogP) is 2.48. The molecule has 0 spiro atoms. The molecule has 2 amide bonds. The summed E-state index contributed by atoms with van der Waals surface area (Å²) in [5, 5.41) is 6.59. The Morgan fingerprint density at radius 1 is 1.28 bits per heavy atom. The van der Waals surface area contributed by atoms with Gasteiger partial charge in [-0.25, -0.2) is 4.98 Å². The van der Waals surface area contributed by atoms with E-state index in [1.165, 1.54) is 6.26 Å². The van der Waals surface area contributed by atoms with Crippen LogP contribution >= 0.6 is 0 Å². The number of nitrogens with one attached hydrogen (secondary N) is 2. The maximum atomic E-state index is 13.8. The molecule has 1 aromatic heterocycles. The van der Waals surface area contributed by atoms with Crippen molar-refractivity contribution in [2.24, 2.45) is 0 Å². The second kappa shape index (κ2) is 8.68. The highest BCUT2D eigenvalue weighted by atomic mass is 16.5. The van der Waals surface area contributed by atoms with Crippen LogP contribution in [-0.4, -0.2) is 47.4 Å². The molecule has 5 rings (SSSR count). The average molecular weight is 437 g/mol. The predicted molar refractivity (Wildman–Crippen MR) is 117 cm³/mol. The molecule has 8 nitrogen and oxygen atoms in total. The van der Waals surface area contributed by atoms with Crippen LogP contribution in [0.25, 0.3) is 0 Å². The number of carbonyl (C=O) groups is 2. The molecule has 0 radical (unpaired) electrons. The van der Waals surface area contributed by atoms with Crippen LogP contribution in [0.1, 0.15) is 49.6 Å². The maximum absolute atomic E-state index is 13.8. The van der Waals surface area contributed by atoms with Gasteiger partial charge in [0.25, 0.3) is 5.91 Å². The van der Waals surface area contributed by atoms with Gasteiger partial charge in [0.15, 0.2) is 5.89 Å². The molecule has 1 aromatic carbocycles. The van der Waals surface area contributed by atoms with E-state index >= 15 is 0 Å². The molecular weight excluding hydrogens is 408 g/mol. The van der Waals surface area contributed by atoms with Crippen molar-refractivity contribution < 1.29 is 18.7 Å². The minimum absolute atomic E-state index is 0.00544. The van der Waals surface area contributed by atoms with E-state index in [1.54, 1.807) is 13.3 Å². The van der Waals surface area contributed by atoms with E-state index in [-0.39, 0.29) is 30.3 Å². The smallest absolute Gasteiger partial charge is 0.251 e. The van der Waals surface area contributed by atoms with E-state index in [0.29, 0.717) is 30.2 Å². The Kier molecular flexibility index (Phi) is 5.59. The molecule has 3 aliphatic rings. The van der Waals surface area contributed by atoms with Crippen LogP contribution in [0.3, 0.4) is 0 Å². The zero-order valence-corrected chi connectivity index (χ0v) is 18.2. The zero-order valence-electron chi connectivity index (χ0n) is 18.2. The van der Waals surface area contributed by atoms with Crippen molar-refractivity contribution >= 4 is 11.8 Å². The van der Waals surface area contributed by atoms with E-state index in [9.17, 15) is 9.59 Å². The number of ether oxygens (including phenoxy) is 1. The first-order chi connectivity index (χ1) is 15.7. The van der Waals surface area contributed by atoms with Crippen molar-refractivity contribution in [2.75, 3.05) is 13.7 Å². The second-order valence-corrected chi connectivity index (χ2v) is 8.55. The maximum Gasteiger partial charge on any atom is 0.251 e. The molecule has 2 N–H and O–H groups in total. The summed E-state index contributed by atoms with van der Waals surface area (Å²) in [6.45, 7) is 0.460. The van der Waals surface area contributed by atoms with Gasteiger partial charge in [0.05, 0.1) is 37.5 Å². The summed E-state index contributed by atoms with van der Waals surface area (Å²) in [5.41, 5.74) is 2.34. The van der Waals surface area contributed by atoms with Crippen LogP contribution in [0, 0.1) is 0 Å². The van der Waals surface area contributed by atoms with Crippen molar-refractivity contribution in [3.05, 3.63) is 59.4 Å². The van der Waals surface area contributed by atoms with Crippen molar-refractivity contribution in [3.63, 3.8) is 0 Å². The van der Waals surface area contributed by atoms with Crippen LogP contribution in [-0.2, 0) is 16.0 Å². The summed E-state index contributed by atoms with van der Waals surface area (Å²) < 4.78 is 11.0. The summed E-state index contributed by atoms with van der Waals surface area (Å²) in [6.07, 6.45) is 7.82. The van der Waals surface area contributed by atoms with E-state index in [1.807, 2.05) is 29.2 Å². The lowest BCUT2D eigenvalue weighted by Crippen LogP contribution is -2.53. The van der Waals surface area contributed by atoms with Crippen LogP contribution < -0.4 is 15.4 Å². The minimum Gasteiger partial charge on any atom is -0.496 e. The Bertz CT molecular complexity index is 1030. The molecule has 0 saturated heterocycles. The zero-order chi connectivity index (χ0) is 22.1. The topological polar surface area (TPSA) is 96.7 Å². The molecule has 2 aromatic rings. The minimum atomic E-state index is -0.513. The van der Waals surface area contributed by atoms with Crippen molar-refractivity contribution in [1.29, 1.82) is 0 Å². The number of hydrogen-bond donors (Lipinski definition) is 2. The monoisotopic (exact) mass is 436 g/mol. The molecule has 3 heterocycles. The third kappa shape index (κ3) is 3.63. The van der Waals surface area contributed by atoms with Crippen LogP contribution in [0.15, 0.2) is 52.4 Å². The Morgan fingerprint density at radius 3 is 2.94 bits per heavy atom.